The third-order valence-electron chi connectivity index (χ3n) is 5.34. The number of fused-ring (bicyclic) bond motifs is 1. The maximum Gasteiger partial charge on any atom is 0.416 e. The minimum atomic E-state index is -4.56. The Balaban J connectivity index is 1.67. The fraction of sp³-hybridized carbons (Fsp3) is 0.0714. The lowest BCUT2D eigenvalue weighted by atomic mass is 10.0. The molecule has 8 heteroatoms. The van der Waals surface area contributed by atoms with E-state index in [9.17, 15) is 23.2 Å². The van der Waals surface area contributed by atoms with Gasteiger partial charge in [-0.3, -0.25) is 4.79 Å². The molecule has 36 heavy (non-hydrogen) atoms. The summed E-state index contributed by atoms with van der Waals surface area (Å²) >= 11 is 3.39. The van der Waals surface area contributed by atoms with Crippen LogP contribution in [0.3, 0.4) is 0 Å². The van der Waals surface area contributed by atoms with Crippen LogP contribution < -0.4 is 10.1 Å². The molecular weight excluding hydrogens is 533 g/mol. The highest BCUT2D eigenvalue weighted by Gasteiger charge is 2.30. The zero-order valence-electron chi connectivity index (χ0n) is 18.6. The van der Waals surface area contributed by atoms with Crippen molar-refractivity contribution in [2.24, 2.45) is 0 Å². The highest BCUT2D eigenvalue weighted by atomic mass is 79.9. The zero-order valence-corrected chi connectivity index (χ0v) is 20.2. The number of ether oxygens (including phenoxy) is 1. The minimum absolute atomic E-state index is 0.0689. The summed E-state index contributed by atoms with van der Waals surface area (Å²) in [5, 5.41) is 13.7. The lowest BCUT2D eigenvalue weighted by Crippen LogP contribution is -2.14. The van der Waals surface area contributed by atoms with Crippen LogP contribution in [-0.4, -0.2) is 5.91 Å². The van der Waals surface area contributed by atoms with Gasteiger partial charge in [0.15, 0.2) is 0 Å². The maximum absolute atomic E-state index is 13.0. The predicted molar refractivity (Wildman–Crippen MR) is 136 cm³/mol. The van der Waals surface area contributed by atoms with Crippen molar-refractivity contribution in [3.05, 3.63) is 112 Å². The van der Waals surface area contributed by atoms with Crippen molar-refractivity contribution in [1.29, 1.82) is 5.26 Å². The summed E-state index contributed by atoms with van der Waals surface area (Å²) in [6.07, 6.45) is -3.17. The van der Waals surface area contributed by atoms with Crippen LogP contribution in [0.25, 0.3) is 16.8 Å². The van der Waals surface area contributed by atoms with Crippen molar-refractivity contribution in [1.82, 2.24) is 0 Å². The van der Waals surface area contributed by atoms with Gasteiger partial charge in [-0.2, -0.15) is 18.4 Å². The number of amides is 1. The van der Waals surface area contributed by atoms with Gasteiger partial charge in [-0.15, -0.1) is 0 Å². The number of nitriles is 1. The van der Waals surface area contributed by atoms with Crippen LogP contribution in [-0.2, 0) is 17.6 Å². The van der Waals surface area contributed by atoms with E-state index in [0.717, 1.165) is 32.9 Å². The predicted octanol–water partition coefficient (Wildman–Crippen LogP) is 7.75. The molecule has 0 radical (unpaired) electrons. The molecule has 0 saturated heterocycles. The van der Waals surface area contributed by atoms with E-state index in [1.807, 2.05) is 60.7 Å². The van der Waals surface area contributed by atoms with Crippen LogP contribution in [0.2, 0.25) is 0 Å². The zero-order chi connectivity index (χ0) is 25.7. The smallest absolute Gasteiger partial charge is 0.416 e. The van der Waals surface area contributed by atoms with Gasteiger partial charge in [-0.05, 0) is 58.8 Å². The van der Waals surface area contributed by atoms with E-state index in [-0.39, 0.29) is 17.9 Å². The van der Waals surface area contributed by atoms with E-state index < -0.39 is 17.6 Å². The quantitative estimate of drug-likeness (QED) is 0.197. The molecule has 4 rings (SSSR count). The van der Waals surface area contributed by atoms with Crippen LogP contribution in [0.15, 0.2) is 95.0 Å². The molecule has 0 heterocycles. The molecule has 0 saturated carbocycles. The minimum Gasteiger partial charge on any atom is -0.488 e. The van der Waals surface area contributed by atoms with Crippen molar-refractivity contribution in [3.63, 3.8) is 0 Å². The molecule has 0 fully saturated rings. The van der Waals surface area contributed by atoms with Gasteiger partial charge in [-0.1, -0.05) is 64.5 Å². The molecule has 1 amide bonds. The average molecular weight is 551 g/mol. The topological polar surface area (TPSA) is 62.1 Å². The largest absolute Gasteiger partial charge is 0.488 e. The number of nitrogens with zero attached hydrogens (tertiary/aromatic N) is 1. The lowest BCUT2D eigenvalue weighted by Gasteiger charge is -2.13. The van der Waals surface area contributed by atoms with Crippen molar-refractivity contribution in [3.8, 4) is 11.8 Å². The van der Waals surface area contributed by atoms with Gasteiger partial charge in [0.05, 0.1) is 5.56 Å². The summed E-state index contributed by atoms with van der Waals surface area (Å²) in [4.78, 5) is 12.8. The van der Waals surface area contributed by atoms with Gasteiger partial charge in [0.2, 0.25) is 0 Å². The average Bonchev–Trinajstić information content (AvgIpc) is 2.87. The first-order chi connectivity index (χ1) is 17.2. The summed E-state index contributed by atoms with van der Waals surface area (Å²) < 4.78 is 46.1. The van der Waals surface area contributed by atoms with Crippen LogP contribution in [0.5, 0.6) is 5.75 Å². The molecular formula is C28H18BrF3N2O2. The number of hydrogen-bond donors (Lipinski definition) is 1. The first-order valence-electron chi connectivity index (χ1n) is 10.7. The molecule has 0 unspecified atom stereocenters. The van der Waals surface area contributed by atoms with Crippen LogP contribution in [0.1, 0.15) is 16.7 Å². The molecule has 180 valence electrons. The second-order valence-electron chi connectivity index (χ2n) is 7.82. The van der Waals surface area contributed by atoms with Crippen molar-refractivity contribution < 1.29 is 22.7 Å². The summed E-state index contributed by atoms with van der Waals surface area (Å²) in [6.45, 7) is 0.255. The second kappa shape index (κ2) is 10.7. The Labute approximate surface area is 213 Å². The van der Waals surface area contributed by atoms with E-state index in [2.05, 4.69) is 21.2 Å². The van der Waals surface area contributed by atoms with Crippen molar-refractivity contribution >= 4 is 44.4 Å². The highest BCUT2D eigenvalue weighted by molar-refractivity contribution is 9.10. The van der Waals surface area contributed by atoms with E-state index in [1.165, 1.54) is 18.2 Å². The van der Waals surface area contributed by atoms with Gasteiger partial charge < -0.3 is 10.1 Å². The number of carbonyl (C=O) groups excluding carboxylic acids is 1. The van der Waals surface area contributed by atoms with Gasteiger partial charge in [0.25, 0.3) is 5.91 Å². The molecule has 0 bridgehead atoms. The van der Waals surface area contributed by atoms with Crippen LogP contribution >= 0.6 is 15.9 Å². The highest BCUT2D eigenvalue weighted by Crippen LogP contribution is 2.32. The van der Waals surface area contributed by atoms with Crippen molar-refractivity contribution in [2.45, 2.75) is 12.8 Å². The maximum atomic E-state index is 13.0. The van der Waals surface area contributed by atoms with Crippen LogP contribution in [0, 0.1) is 11.3 Å². The fourth-order valence-corrected chi connectivity index (χ4v) is 3.82. The molecule has 0 atom stereocenters. The molecule has 0 spiro atoms. The van der Waals surface area contributed by atoms with E-state index in [1.54, 1.807) is 6.07 Å². The number of hydrogen-bond acceptors (Lipinski definition) is 3. The standard InChI is InChI=1S/C28H18BrF3N2O2/c29-22-11-8-18(9-12-22)17-36-26-13-10-19-4-1-2-7-24(19)25(26)14-20(16-33)27(35)34-23-6-3-5-21(15-23)28(30,31)32/h1-15H,17H2,(H,34,35). The number of carbonyl (C=O) groups is 1. The fourth-order valence-electron chi connectivity index (χ4n) is 3.56. The number of benzene rings is 4. The number of anilines is 1. The Bertz CT molecular complexity index is 1490. The number of alkyl halides is 3. The molecule has 0 aliphatic heterocycles. The summed E-state index contributed by atoms with van der Waals surface area (Å²) in [7, 11) is 0. The first-order valence-corrected chi connectivity index (χ1v) is 11.5. The number of rotatable bonds is 6. The van der Waals surface area contributed by atoms with Gasteiger partial charge in [0, 0.05) is 15.7 Å². The van der Waals surface area contributed by atoms with Gasteiger partial charge in [-0.25, -0.2) is 0 Å². The van der Waals surface area contributed by atoms with E-state index in [4.69, 9.17) is 4.74 Å². The molecule has 4 aromatic rings. The third-order valence-corrected chi connectivity index (χ3v) is 5.87. The molecule has 0 aromatic heterocycles. The Morgan fingerprint density at radius 3 is 2.47 bits per heavy atom. The Morgan fingerprint density at radius 1 is 1.00 bits per heavy atom. The first kappa shape index (κ1) is 25.0. The SMILES string of the molecule is N#CC(=Cc1c(OCc2ccc(Br)cc2)ccc2ccccc12)C(=O)Nc1cccc(C(F)(F)F)c1. The summed E-state index contributed by atoms with van der Waals surface area (Å²) in [6, 6.07) is 24.7. The monoisotopic (exact) mass is 550 g/mol. The van der Waals surface area contributed by atoms with E-state index >= 15 is 0 Å². The van der Waals surface area contributed by atoms with Crippen molar-refractivity contribution in [2.75, 3.05) is 5.32 Å². The lowest BCUT2D eigenvalue weighted by molar-refractivity contribution is -0.137. The molecule has 0 aliphatic rings. The normalized spacial score (nSPS) is 11.7. The third kappa shape index (κ3) is 5.93. The number of halogens is 4. The van der Waals surface area contributed by atoms with Gasteiger partial charge >= 0.3 is 6.18 Å². The summed E-state index contributed by atoms with van der Waals surface area (Å²) in [5.41, 5.74) is 0.184. The Morgan fingerprint density at radius 2 is 1.75 bits per heavy atom. The second-order valence-corrected chi connectivity index (χ2v) is 8.73. The Kier molecular flexibility index (Phi) is 7.41. The Hall–Kier alpha value is -4.09. The molecule has 4 nitrogen and oxygen atoms in total. The molecule has 0 aliphatic carbocycles. The molecule has 4 aromatic carbocycles. The summed E-state index contributed by atoms with van der Waals surface area (Å²) in [5.74, 6) is -0.375. The number of nitrogens with one attached hydrogen (secondary N) is 1. The van der Waals surface area contributed by atoms with Crippen LogP contribution in [0.4, 0.5) is 18.9 Å². The molecule has 1 N–H and O–H groups in total. The van der Waals surface area contributed by atoms with E-state index in [0.29, 0.717) is 11.3 Å². The van der Waals surface area contributed by atoms with Gasteiger partial charge in [0.1, 0.15) is 24.0 Å².